The lowest BCUT2D eigenvalue weighted by molar-refractivity contribution is 0.838. The van der Waals surface area contributed by atoms with E-state index < -0.39 is 0 Å². The summed E-state index contributed by atoms with van der Waals surface area (Å²) in [4.78, 5) is 4.96. The highest BCUT2D eigenvalue weighted by atomic mass is 15.1. The summed E-state index contributed by atoms with van der Waals surface area (Å²) in [7, 11) is 2.15. The summed E-state index contributed by atoms with van der Waals surface area (Å²) in [5.74, 6) is 1.13. The molecule has 2 heteroatoms. The van der Waals surface area contributed by atoms with Crippen molar-refractivity contribution in [2.24, 2.45) is 7.05 Å². The number of rotatable bonds is 4. The molecule has 0 aliphatic carbocycles. The van der Waals surface area contributed by atoms with E-state index in [1.54, 1.807) is 0 Å². The molecule has 0 spiro atoms. The number of allylic oxidation sites excluding steroid dienone is 2. The molecule has 3 rings (SSSR count). The smallest absolute Gasteiger partial charge is 0.114 e. The molecular formula is C23H28N2. The van der Waals surface area contributed by atoms with E-state index in [1.807, 2.05) is 0 Å². The normalized spacial score (nSPS) is 12.2. The van der Waals surface area contributed by atoms with E-state index in [4.69, 9.17) is 4.98 Å². The van der Waals surface area contributed by atoms with Crippen molar-refractivity contribution in [3.8, 4) is 0 Å². The first kappa shape index (κ1) is 17.5. The number of hydrogen-bond acceptors (Lipinski definition) is 1. The monoisotopic (exact) mass is 332 g/mol. The van der Waals surface area contributed by atoms with E-state index in [0.29, 0.717) is 0 Å². The summed E-state index contributed by atoms with van der Waals surface area (Å²) in [5.41, 5.74) is 10.4. The summed E-state index contributed by atoms with van der Waals surface area (Å²) in [5, 5.41) is 0. The second-order valence-electron chi connectivity index (χ2n) is 6.98. The van der Waals surface area contributed by atoms with Gasteiger partial charge in [-0.05, 0) is 62.4 Å². The lowest BCUT2D eigenvalue weighted by Gasteiger charge is -2.12. The highest BCUT2D eigenvalue weighted by Gasteiger charge is 2.15. The third-order valence-corrected chi connectivity index (χ3v) is 5.24. The number of para-hydroxylation sites is 1. The Morgan fingerprint density at radius 2 is 1.80 bits per heavy atom. The first-order valence-corrected chi connectivity index (χ1v) is 9.12. The zero-order valence-electron chi connectivity index (χ0n) is 16.3. The molecule has 0 atom stereocenters. The Labute approximate surface area is 151 Å². The maximum Gasteiger partial charge on any atom is 0.114 e. The van der Waals surface area contributed by atoms with Gasteiger partial charge in [-0.15, -0.1) is 0 Å². The number of fused-ring (bicyclic) bond motifs is 1. The van der Waals surface area contributed by atoms with Crippen LogP contribution in [0.3, 0.4) is 0 Å². The third-order valence-electron chi connectivity index (χ3n) is 5.24. The van der Waals surface area contributed by atoms with Gasteiger partial charge in [0.05, 0.1) is 11.0 Å². The third kappa shape index (κ3) is 3.13. The predicted molar refractivity (Wildman–Crippen MR) is 108 cm³/mol. The van der Waals surface area contributed by atoms with Crippen LogP contribution in [0.1, 0.15) is 53.9 Å². The molecule has 0 radical (unpaired) electrons. The first-order valence-electron chi connectivity index (χ1n) is 9.12. The second-order valence-corrected chi connectivity index (χ2v) is 6.98. The molecule has 1 heterocycles. The van der Waals surface area contributed by atoms with Crippen molar-refractivity contribution < 1.29 is 0 Å². The van der Waals surface area contributed by atoms with Gasteiger partial charge in [0, 0.05) is 19.0 Å². The number of benzene rings is 2. The van der Waals surface area contributed by atoms with Crippen LogP contribution in [-0.4, -0.2) is 9.55 Å². The highest BCUT2D eigenvalue weighted by Crippen LogP contribution is 2.29. The zero-order chi connectivity index (χ0) is 18.1. The molecule has 0 unspecified atom stereocenters. The topological polar surface area (TPSA) is 17.8 Å². The van der Waals surface area contributed by atoms with Crippen molar-refractivity contribution in [2.75, 3.05) is 0 Å². The minimum atomic E-state index is 0.875. The van der Waals surface area contributed by atoms with Gasteiger partial charge in [0.2, 0.25) is 0 Å². The SMILES string of the molecule is C/C=C(\CC)c1cccc2nc(Cc3c(C)cc(C)cc3C)n(C)c12. The summed E-state index contributed by atoms with van der Waals surface area (Å²) >= 11 is 0. The Hall–Kier alpha value is -2.35. The molecule has 130 valence electrons. The number of hydrogen-bond donors (Lipinski definition) is 0. The van der Waals surface area contributed by atoms with Crippen LogP contribution >= 0.6 is 0 Å². The van der Waals surface area contributed by atoms with Crippen LogP contribution in [0.4, 0.5) is 0 Å². The van der Waals surface area contributed by atoms with Gasteiger partial charge >= 0.3 is 0 Å². The Balaban J connectivity index is 2.14. The van der Waals surface area contributed by atoms with Gasteiger partial charge in [-0.25, -0.2) is 4.98 Å². The standard InChI is InChI=1S/C23H28N2/c1-7-18(8-2)19-10-9-11-21-23(19)25(6)22(24-21)14-20-16(4)12-15(3)13-17(20)5/h7,9-13H,8,14H2,1-6H3/b18-7+. The average molecular weight is 332 g/mol. The quantitative estimate of drug-likeness (QED) is 0.581. The van der Waals surface area contributed by atoms with E-state index in [0.717, 1.165) is 24.2 Å². The van der Waals surface area contributed by atoms with Crippen LogP contribution < -0.4 is 0 Å². The van der Waals surface area contributed by atoms with Crippen LogP contribution in [0.15, 0.2) is 36.4 Å². The molecule has 1 aromatic heterocycles. The molecule has 2 aromatic carbocycles. The van der Waals surface area contributed by atoms with Gasteiger partial charge in [0.1, 0.15) is 5.82 Å². The summed E-state index contributed by atoms with van der Waals surface area (Å²) < 4.78 is 2.28. The van der Waals surface area contributed by atoms with Gasteiger partial charge in [0.15, 0.2) is 0 Å². The molecule has 0 fully saturated rings. The van der Waals surface area contributed by atoms with Crippen LogP contribution in [0.2, 0.25) is 0 Å². The number of aromatic nitrogens is 2. The van der Waals surface area contributed by atoms with E-state index in [9.17, 15) is 0 Å². The summed E-state index contributed by atoms with van der Waals surface area (Å²) in [6.07, 6.45) is 4.13. The molecule has 0 N–H and O–H groups in total. The number of nitrogens with zero attached hydrogens (tertiary/aromatic N) is 2. The lowest BCUT2D eigenvalue weighted by atomic mass is 9.97. The Morgan fingerprint density at radius 1 is 1.12 bits per heavy atom. The summed E-state index contributed by atoms with van der Waals surface area (Å²) in [6.45, 7) is 10.9. The van der Waals surface area contributed by atoms with Crippen molar-refractivity contribution in [2.45, 2.75) is 47.5 Å². The van der Waals surface area contributed by atoms with Crippen molar-refractivity contribution in [1.82, 2.24) is 9.55 Å². The first-order chi connectivity index (χ1) is 12.0. The maximum atomic E-state index is 4.96. The molecule has 0 saturated heterocycles. The molecule has 0 bridgehead atoms. The molecule has 25 heavy (non-hydrogen) atoms. The van der Waals surface area contributed by atoms with Crippen molar-refractivity contribution in [3.05, 3.63) is 70.0 Å². The van der Waals surface area contributed by atoms with Crippen LogP contribution in [0.25, 0.3) is 16.6 Å². The fraction of sp³-hybridized carbons (Fsp3) is 0.348. The number of aryl methyl sites for hydroxylation is 4. The molecule has 0 aliphatic heterocycles. The van der Waals surface area contributed by atoms with Crippen LogP contribution in [0, 0.1) is 20.8 Å². The Morgan fingerprint density at radius 3 is 2.40 bits per heavy atom. The van der Waals surface area contributed by atoms with Gasteiger partial charge in [-0.1, -0.05) is 42.8 Å². The van der Waals surface area contributed by atoms with Crippen molar-refractivity contribution in [3.63, 3.8) is 0 Å². The lowest BCUT2D eigenvalue weighted by Crippen LogP contribution is -2.03. The van der Waals surface area contributed by atoms with E-state index >= 15 is 0 Å². The second kappa shape index (κ2) is 6.87. The van der Waals surface area contributed by atoms with Gasteiger partial charge in [-0.3, -0.25) is 0 Å². The zero-order valence-corrected chi connectivity index (χ0v) is 16.3. The molecule has 0 aliphatic rings. The summed E-state index contributed by atoms with van der Waals surface area (Å²) in [6, 6.07) is 11.0. The fourth-order valence-corrected chi connectivity index (χ4v) is 3.93. The molecule has 3 aromatic rings. The van der Waals surface area contributed by atoms with Crippen molar-refractivity contribution in [1.29, 1.82) is 0 Å². The molecule has 0 saturated carbocycles. The fourth-order valence-electron chi connectivity index (χ4n) is 3.93. The van der Waals surface area contributed by atoms with E-state index in [1.165, 1.54) is 38.9 Å². The predicted octanol–water partition coefficient (Wildman–Crippen LogP) is 5.90. The van der Waals surface area contributed by atoms with Gasteiger partial charge < -0.3 is 4.57 Å². The van der Waals surface area contributed by atoms with Crippen LogP contribution in [-0.2, 0) is 13.5 Å². The van der Waals surface area contributed by atoms with E-state index in [2.05, 4.69) is 82.6 Å². The average Bonchev–Trinajstić information content (AvgIpc) is 2.89. The maximum absolute atomic E-state index is 4.96. The van der Waals surface area contributed by atoms with Gasteiger partial charge in [-0.2, -0.15) is 0 Å². The molecule has 0 amide bonds. The number of imidazole rings is 1. The minimum absolute atomic E-state index is 0.875. The van der Waals surface area contributed by atoms with Crippen LogP contribution in [0.5, 0.6) is 0 Å². The minimum Gasteiger partial charge on any atom is -0.330 e. The Bertz CT molecular complexity index is 935. The molecule has 2 nitrogen and oxygen atoms in total. The molecular weight excluding hydrogens is 304 g/mol. The van der Waals surface area contributed by atoms with Gasteiger partial charge in [0.25, 0.3) is 0 Å². The van der Waals surface area contributed by atoms with E-state index in [-0.39, 0.29) is 0 Å². The largest absolute Gasteiger partial charge is 0.330 e. The Kier molecular flexibility index (Phi) is 4.80. The highest BCUT2D eigenvalue weighted by molar-refractivity contribution is 5.89. The van der Waals surface area contributed by atoms with Crippen molar-refractivity contribution >= 4 is 16.6 Å².